The van der Waals surface area contributed by atoms with Gasteiger partial charge < -0.3 is 5.32 Å². The number of anilines is 2. The fourth-order valence-corrected chi connectivity index (χ4v) is 4.38. The van der Waals surface area contributed by atoms with Gasteiger partial charge in [-0.2, -0.15) is 0 Å². The van der Waals surface area contributed by atoms with E-state index in [1.54, 1.807) is 6.07 Å². The van der Waals surface area contributed by atoms with Gasteiger partial charge in [-0.1, -0.05) is 23.7 Å². The van der Waals surface area contributed by atoms with Gasteiger partial charge in [-0.15, -0.1) is 0 Å². The van der Waals surface area contributed by atoms with Crippen molar-refractivity contribution in [3.63, 3.8) is 0 Å². The highest BCUT2D eigenvalue weighted by molar-refractivity contribution is 7.93. The molecule has 0 unspecified atom stereocenters. The molecule has 126 valence electrons. The van der Waals surface area contributed by atoms with Gasteiger partial charge in [0, 0.05) is 12.2 Å². The number of carbonyl (C=O) groups is 1. The molecule has 1 saturated heterocycles. The summed E-state index contributed by atoms with van der Waals surface area (Å²) in [6.45, 7) is 0.340. The highest BCUT2D eigenvalue weighted by Crippen LogP contribution is 2.33. The van der Waals surface area contributed by atoms with Crippen LogP contribution in [0, 0.1) is 5.82 Å². The number of halogens is 2. The molecule has 0 saturated carbocycles. The van der Waals surface area contributed by atoms with Crippen molar-refractivity contribution in [1.82, 2.24) is 0 Å². The Morgan fingerprint density at radius 3 is 2.62 bits per heavy atom. The number of rotatable bonds is 3. The van der Waals surface area contributed by atoms with Crippen molar-refractivity contribution in [1.29, 1.82) is 0 Å². The summed E-state index contributed by atoms with van der Waals surface area (Å²) < 4.78 is 39.0. The van der Waals surface area contributed by atoms with Crippen LogP contribution in [-0.2, 0) is 10.0 Å². The Morgan fingerprint density at radius 2 is 1.96 bits per heavy atom. The van der Waals surface area contributed by atoms with Crippen LogP contribution in [0.3, 0.4) is 0 Å². The molecule has 1 heterocycles. The monoisotopic (exact) mass is 368 g/mol. The second-order valence-corrected chi connectivity index (χ2v) is 7.76. The minimum absolute atomic E-state index is 0.0646. The molecule has 0 aliphatic carbocycles. The Morgan fingerprint density at radius 1 is 1.21 bits per heavy atom. The van der Waals surface area contributed by atoms with E-state index in [0.29, 0.717) is 24.3 Å². The van der Waals surface area contributed by atoms with E-state index in [-0.39, 0.29) is 16.3 Å². The number of nitrogens with zero attached hydrogens (tertiary/aromatic N) is 1. The molecule has 8 heteroatoms. The summed E-state index contributed by atoms with van der Waals surface area (Å²) >= 11 is 6.10. The number of nitrogens with one attached hydrogen (secondary N) is 1. The fraction of sp³-hybridized carbons (Fsp3) is 0.188. The van der Waals surface area contributed by atoms with Crippen molar-refractivity contribution in [2.24, 2.45) is 0 Å². The summed E-state index contributed by atoms with van der Waals surface area (Å²) in [4.78, 5) is 12.2. The van der Waals surface area contributed by atoms with Crippen molar-refractivity contribution in [2.45, 2.75) is 6.42 Å². The molecule has 2 aromatic rings. The molecule has 1 N–H and O–H groups in total. The maximum atomic E-state index is 13.7. The number of hydrogen-bond donors (Lipinski definition) is 1. The van der Waals surface area contributed by atoms with Crippen LogP contribution < -0.4 is 9.62 Å². The molecule has 24 heavy (non-hydrogen) atoms. The number of carbonyl (C=O) groups excluding carboxylic acids is 1. The topological polar surface area (TPSA) is 66.5 Å². The summed E-state index contributed by atoms with van der Waals surface area (Å²) in [6.07, 6.45) is 0.518. The second kappa shape index (κ2) is 6.41. The average Bonchev–Trinajstić information content (AvgIpc) is 2.89. The fourth-order valence-electron chi connectivity index (χ4n) is 2.54. The molecule has 3 rings (SSSR count). The molecule has 2 aromatic carbocycles. The van der Waals surface area contributed by atoms with E-state index in [1.807, 2.05) is 0 Å². The van der Waals surface area contributed by atoms with Crippen LogP contribution in [-0.4, -0.2) is 26.6 Å². The predicted molar refractivity (Wildman–Crippen MR) is 91.6 cm³/mol. The van der Waals surface area contributed by atoms with E-state index in [0.717, 1.165) is 0 Å². The molecule has 1 amide bonds. The average molecular weight is 369 g/mol. The van der Waals surface area contributed by atoms with Gasteiger partial charge in [0.1, 0.15) is 5.82 Å². The third-order valence-electron chi connectivity index (χ3n) is 3.69. The van der Waals surface area contributed by atoms with Crippen LogP contribution in [0.2, 0.25) is 5.02 Å². The summed E-state index contributed by atoms with van der Waals surface area (Å²) in [5.74, 6) is -1.19. The van der Waals surface area contributed by atoms with E-state index in [1.165, 1.54) is 40.7 Å². The molecular weight excluding hydrogens is 355 g/mol. The van der Waals surface area contributed by atoms with Crippen LogP contribution >= 0.6 is 11.6 Å². The normalized spacial score (nSPS) is 16.2. The summed E-state index contributed by atoms with van der Waals surface area (Å²) in [5.41, 5.74) is 0.549. The Bertz CT molecular complexity index is 902. The first kappa shape index (κ1) is 16.7. The van der Waals surface area contributed by atoms with Gasteiger partial charge in [0.05, 0.1) is 22.0 Å². The van der Waals surface area contributed by atoms with Gasteiger partial charge in [0.25, 0.3) is 5.91 Å². The number of benzene rings is 2. The Labute approximate surface area is 144 Å². The standard InChI is InChI=1S/C16H14ClFN2O3S/c17-13-7-6-11(10-15(13)20-8-3-9-24(20,22)23)19-16(21)12-4-1-2-5-14(12)18/h1-2,4-7,10H,3,8-9H2,(H,19,21). The molecule has 0 radical (unpaired) electrons. The zero-order valence-corrected chi connectivity index (χ0v) is 14.1. The van der Waals surface area contributed by atoms with Gasteiger partial charge >= 0.3 is 0 Å². The van der Waals surface area contributed by atoms with Crippen molar-refractivity contribution in [2.75, 3.05) is 21.9 Å². The molecular formula is C16H14ClFN2O3S. The first-order chi connectivity index (χ1) is 11.4. The van der Waals surface area contributed by atoms with Crippen LogP contribution in [0.1, 0.15) is 16.8 Å². The van der Waals surface area contributed by atoms with Crippen molar-refractivity contribution in [3.8, 4) is 0 Å². The van der Waals surface area contributed by atoms with E-state index in [4.69, 9.17) is 11.6 Å². The van der Waals surface area contributed by atoms with Crippen molar-refractivity contribution >= 4 is 38.9 Å². The number of hydrogen-bond acceptors (Lipinski definition) is 3. The third-order valence-corrected chi connectivity index (χ3v) is 5.87. The number of sulfonamides is 1. The van der Waals surface area contributed by atoms with E-state index >= 15 is 0 Å². The van der Waals surface area contributed by atoms with Gasteiger partial charge in [-0.3, -0.25) is 9.10 Å². The molecule has 1 fully saturated rings. The largest absolute Gasteiger partial charge is 0.322 e. The minimum atomic E-state index is -3.39. The Kier molecular flexibility index (Phi) is 4.47. The molecule has 0 aromatic heterocycles. The Hall–Kier alpha value is -2.12. The lowest BCUT2D eigenvalue weighted by Gasteiger charge is -2.19. The summed E-state index contributed by atoms with van der Waals surface area (Å²) in [5, 5.41) is 2.83. The van der Waals surface area contributed by atoms with Gasteiger partial charge in [-0.25, -0.2) is 12.8 Å². The highest BCUT2D eigenvalue weighted by Gasteiger charge is 2.30. The SMILES string of the molecule is O=C(Nc1ccc(Cl)c(N2CCCS2(=O)=O)c1)c1ccccc1F. The van der Waals surface area contributed by atoms with Crippen LogP contribution in [0.4, 0.5) is 15.8 Å². The zero-order valence-electron chi connectivity index (χ0n) is 12.5. The predicted octanol–water partition coefficient (Wildman–Crippen LogP) is 3.27. The van der Waals surface area contributed by atoms with Crippen LogP contribution in [0.25, 0.3) is 0 Å². The first-order valence-corrected chi connectivity index (χ1v) is 9.23. The maximum absolute atomic E-state index is 13.7. The van der Waals surface area contributed by atoms with Gasteiger partial charge in [0.15, 0.2) is 0 Å². The smallest absolute Gasteiger partial charge is 0.258 e. The zero-order chi connectivity index (χ0) is 17.3. The Balaban J connectivity index is 1.89. The molecule has 5 nitrogen and oxygen atoms in total. The highest BCUT2D eigenvalue weighted by atomic mass is 35.5. The van der Waals surface area contributed by atoms with E-state index < -0.39 is 21.7 Å². The lowest BCUT2D eigenvalue weighted by atomic mass is 10.2. The second-order valence-electron chi connectivity index (χ2n) is 5.34. The first-order valence-electron chi connectivity index (χ1n) is 7.24. The molecule has 0 bridgehead atoms. The number of amides is 1. The molecule has 0 spiro atoms. The maximum Gasteiger partial charge on any atom is 0.258 e. The molecule has 1 aliphatic heterocycles. The van der Waals surface area contributed by atoms with Gasteiger partial charge in [-0.05, 0) is 36.8 Å². The van der Waals surface area contributed by atoms with E-state index in [2.05, 4.69) is 5.32 Å². The molecule has 0 atom stereocenters. The van der Waals surface area contributed by atoms with Crippen LogP contribution in [0.15, 0.2) is 42.5 Å². The van der Waals surface area contributed by atoms with Crippen molar-refractivity contribution in [3.05, 3.63) is 58.9 Å². The van der Waals surface area contributed by atoms with Crippen molar-refractivity contribution < 1.29 is 17.6 Å². The molecule has 1 aliphatic rings. The third kappa shape index (κ3) is 3.22. The van der Waals surface area contributed by atoms with Crippen LogP contribution in [0.5, 0.6) is 0 Å². The van der Waals surface area contributed by atoms with Gasteiger partial charge in [0.2, 0.25) is 10.0 Å². The lowest BCUT2D eigenvalue weighted by Crippen LogP contribution is -2.25. The lowest BCUT2D eigenvalue weighted by molar-refractivity contribution is 0.102. The van der Waals surface area contributed by atoms with E-state index in [9.17, 15) is 17.6 Å². The minimum Gasteiger partial charge on any atom is -0.322 e. The quantitative estimate of drug-likeness (QED) is 0.904. The summed E-state index contributed by atoms with van der Waals surface area (Å²) in [6, 6.07) is 10.1. The summed E-state index contributed by atoms with van der Waals surface area (Å²) in [7, 11) is -3.39.